The first-order valence-electron chi connectivity index (χ1n) is 7.34. The molecule has 0 radical (unpaired) electrons. The summed E-state index contributed by atoms with van der Waals surface area (Å²) in [6, 6.07) is 2.89. The van der Waals surface area contributed by atoms with E-state index in [0.717, 1.165) is 6.42 Å². The SMILES string of the molecule is COc1cc([N+](=O)[O-])c(C(=O)N2CC(CN)CC2C)cc1SC. The van der Waals surface area contributed by atoms with Gasteiger partial charge >= 0.3 is 0 Å². The molecule has 1 aliphatic heterocycles. The number of carbonyl (C=O) groups excluding carboxylic acids is 1. The van der Waals surface area contributed by atoms with E-state index in [-0.39, 0.29) is 29.1 Å². The number of carbonyl (C=O) groups is 1. The summed E-state index contributed by atoms with van der Waals surface area (Å²) in [6.45, 7) is 2.99. The van der Waals surface area contributed by atoms with Crippen molar-refractivity contribution < 1.29 is 14.5 Å². The fraction of sp³-hybridized carbons (Fsp3) is 0.533. The molecule has 2 atom stereocenters. The van der Waals surface area contributed by atoms with Crippen molar-refractivity contribution in [1.82, 2.24) is 4.90 Å². The number of amides is 1. The molecule has 7 nitrogen and oxygen atoms in total. The van der Waals surface area contributed by atoms with Gasteiger partial charge in [-0.2, -0.15) is 0 Å². The maximum atomic E-state index is 12.8. The maximum absolute atomic E-state index is 12.8. The van der Waals surface area contributed by atoms with E-state index in [0.29, 0.717) is 23.7 Å². The third-order valence-electron chi connectivity index (χ3n) is 4.18. The molecule has 0 aliphatic carbocycles. The zero-order chi connectivity index (χ0) is 17.1. The zero-order valence-corrected chi connectivity index (χ0v) is 14.3. The molecule has 1 aromatic rings. The van der Waals surface area contributed by atoms with Crippen molar-refractivity contribution in [3.8, 4) is 5.75 Å². The topological polar surface area (TPSA) is 98.7 Å². The van der Waals surface area contributed by atoms with Crippen LogP contribution in [0.5, 0.6) is 5.75 Å². The van der Waals surface area contributed by atoms with Gasteiger partial charge in [0.2, 0.25) is 0 Å². The molecule has 1 aromatic carbocycles. The van der Waals surface area contributed by atoms with E-state index in [1.54, 1.807) is 11.0 Å². The number of thioether (sulfide) groups is 1. The van der Waals surface area contributed by atoms with Crippen molar-refractivity contribution in [3.63, 3.8) is 0 Å². The number of methoxy groups -OCH3 is 1. The summed E-state index contributed by atoms with van der Waals surface area (Å²) in [7, 11) is 1.45. The molecule has 0 bridgehead atoms. The summed E-state index contributed by atoms with van der Waals surface area (Å²) in [5, 5.41) is 11.4. The highest BCUT2D eigenvalue weighted by atomic mass is 32.2. The Kier molecular flexibility index (Phi) is 5.48. The smallest absolute Gasteiger partial charge is 0.285 e. The lowest BCUT2D eigenvalue weighted by atomic mass is 10.1. The van der Waals surface area contributed by atoms with Gasteiger partial charge in [-0.15, -0.1) is 11.8 Å². The summed E-state index contributed by atoms with van der Waals surface area (Å²) in [6.07, 6.45) is 2.66. The molecule has 1 heterocycles. The molecule has 1 aliphatic rings. The summed E-state index contributed by atoms with van der Waals surface area (Å²) in [4.78, 5) is 26.0. The summed E-state index contributed by atoms with van der Waals surface area (Å²) in [5.74, 6) is 0.319. The minimum absolute atomic E-state index is 0.0236. The van der Waals surface area contributed by atoms with Crippen LogP contribution in [0.25, 0.3) is 0 Å². The van der Waals surface area contributed by atoms with Crippen LogP contribution in [0.4, 0.5) is 5.69 Å². The van der Waals surface area contributed by atoms with Crippen LogP contribution < -0.4 is 10.5 Å². The van der Waals surface area contributed by atoms with Gasteiger partial charge in [-0.3, -0.25) is 14.9 Å². The molecule has 2 rings (SSSR count). The molecule has 0 saturated carbocycles. The standard InChI is InChI=1S/C15H21N3O4S/c1-9-4-10(7-16)8-17(9)15(19)11-5-14(23-3)13(22-2)6-12(11)18(20)21/h5-6,9-10H,4,7-8,16H2,1-3H3. The second kappa shape index (κ2) is 7.18. The van der Waals surface area contributed by atoms with E-state index in [1.165, 1.54) is 24.9 Å². The third kappa shape index (κ3) is 3.42. The van der Waals surface area contributed by atoms with E-state index >= 15 is 0 Å². The summed E-state index contributed by atoms with van der Waals surface area (Å²) >= 11 is 1.38. The molecule has 23 heavy (non-hydrogen) atoms. The van der Waals surface area contributed by atoms with Crippen LogP contribution >= 0.6 is 11.8 Å². The molecular formula is C15H21N3O4S. The van der Waals surface area contributed by atoms with Crippen molar-refractivity contribution in [1.29, 1.82) is 0 Å². The lowest BCUT2D eigenvalue weighted by Crippen LogP contribution is -2.34. The number of nitro benzene ring substituents is 1. The van der Waals surface area contributed by atoms with Gasteiger partial charge in [0, 0.05) is 12.6 Å². The van der Waals surface area contributed by atoms with Crippen LogP contribution in [0.2, 0.25) is 0 Å². The van der Waals surface area contributed by atoms with Gasteiger partial charge in [0.15, 0.2) is 0 Å². The molecule has 2 N–H and O–H groups in total. The van der Waals surface area contributed by atoms with Gasteiger partial charge in [-0.25, -0.2) is 0 Å². The number of hydrogen-bond acceptors (Lipinski definition) is 6. The van der Waals surface area contributed by atoms with Crippen LogP contribution in [0.3, 0.4) is 0 Å². The number of benzene rings is 1. The van der Waals surface area contributed by atoms with E-state index in [9.17, 15) is 14.9 Å². The van der Waals surface area contributed by atoms with E-state index < -0.39 is 4.92 Å². The van der Waals surface area contributed by atoms with Crippen molar-refractivity contribution in [3.05, 3.63) is 27.8 Å². The lowest BCUT2D eigenvalue weighted by Gasteiger charge is -2.22. The molecule has 1 fully saturated rings. The summed E-state index contributed by atoms with van der Waals surface area (Å²) < 4.78 is 5.18. The predicted octanol–water partition coefficient (Wildman–Crippen LogP) is 2.13. The molecule has 8 heteroatoms. The largest absolute Gasteiger partial charge is 0.495 e. The van der Waals surface area contributed by atoms with Crippen LogP contribution in [-0.4, -0.2) is 48.2 Å². The monoisotopic (exact) mass is 339 g/mol. The first kappa shape index (κ1) is 17.6. The highest BCUT2D eigenvalue weighted by Gasteiger charge is 2.35. The van der Waals surface area contributed by atoms with Crippen LogP contribution in [-0.2, 0) is 0 Å². The lowest BCUT2D eigenvalue weighted by molar-refractivity contribution is -0.385. The fourth-order valence-electron chi connectivity index (χ4n) is 2.94. The Bertz CT molecular complexity index is 623. The van der Waals surface area contributed by atoms with Crippen LogP contribution in [0.15, 0.2) is 17.0 Å². The van der Waals surface area contributed by atoms with E-state index in [4.69, 9.17) is 10.5 Å². The number of nitrogens with two attached hydrogens (primary N) is 1. The third-order valence-corrected chi connectivity index (χ3v) is 4.94. The zero-order valence-electron chi connectivity index (χ0n) is 13.4. The second-order valence-corrected chi connectivity index (χ2v) is 6.47. The van der Waals surface area contributed by atoms with E-state index in [2.05, 4.69) is 0 Å². The van der Waals surface area contributed by atoms with Gasteiger partial charge in [0.25, 0.3) is 11.6 Å². The van der Waals surface area contributed by atoms with Gasteiger partial charge in [-0.1, -0.05) is 0 Å². The van der Waals surface area contributed by atoms with Crippen molar-refractivity contribution in [2.75, 3.05) is 26.5 Å². The van der Waals surface area contributed by atoms with E-state index in [1.807, 2.05) is 13.2 Å². The Morgan fingerprint density at radius 3 is 2.74 bits per heavy atom. The number of ether oxygens (including phenoxy) is 1. The Morgan fingerprint density at radius 1 is 1.57 bits per heavy atom. The normalized spacial score (nSPS) is 20.6. The molecule has 126 valence electrons. The van der Waals surface area contributed by atoms with Crippen LogP contribution in [0, 0.1) is 16.0 Å². The Hall–Kier alpha value is -1.80. The summed E-state index contributed by atoms with van der Waals surface area (Å²) in [5.41, 5.74) is 5.57. The highest BCUT2D eigenvalue weighted by molar-refractivity contribution is 7.98. The predicted molar refractivity (Wildman–Crippen MR) is 89.1 cm³/mol. The van der Waals surface area contributed by atoms with Crippen molar-refractivity contribution in [2.24, 2.45) is 11.7 Å². The molecule has 0 aromatic heterocycles. The molecule has 1 saturated heterocycles. The number of hydrogen-bond donors (Lipinski definition) is 1. The van der Waals surface area contributed by atoms with Crippen molar-refractivity contribution in [2.45, 2.75) is 24.3 Å². The molecule has 1 amide bonds. The van der Waals surface area contributed by atoms with Crippen molar-refractivity contribution >= 4 is 23.4 Å². The first-order chi connectivity index (χ1) is 10.9. The van der Waals surface area contributed by atoms with Gasteiger partial charge < -0.3 is 15.4 Å². The maximum Gasteiger partial charge on any atom is 0.285 e. The number of nitro groups is 1. The van der Waals surface area contributed by atoms with Gasteiger partial charge in [-0.05, 0) is 38.1 Å². The fourth-order valence-corrected chi connectivity index (χ4v) is 3.52. The Labute approximate surface area is 139 Å². The first-order valence-corrected chi connectivity index (χ1v) is 8.56. The highest BCUT2D eigenvalue weighted by Crippen LogP contribution is 2.36. The minimum Gasteiger partial charge on any atom is -0.495 e. The number of rotatable bonds is 5. The van der Waals surface area contributed by atoms with Gasteiger partial charge in [0.1, 0.15) is 11.3 Å². The second-order valence-electron chi connectivity index (χ2n) is 5.63. The Balaban J connectivity index is 2.45. The Morgan fingerprint density at radius 2 is 2.26 bits per heavy atom. The average molecular weight is 339 g/mol. The molecule has 2 unspecified atom stereocenters. The molecule has 0 spiro atoms. The molecular weight excluding hydrogens is 318 g/mol. The quantitative estimate of drug-likeness (QED) is 0.501. The average Bonchev–Trinajstić information content (AvgIpc) is 2.93. The van der Waals surface area contributed by atoms with Gasteiger partial charge in [0.05, 0.1) is 23.0 Å². The number of likely N-dealkylation sites (tertiary alicyclic amines) is 1. The van der Waals surface area contributed by atoms with Crippen LogP contribution in [0.1, 0.15) is 23.7 Å². The minimum atomic E-state index is -0.541. The number of nitrogens with zero attached hydrogens (tertiary/aromatic N) is 2.